The summed E-state index contributed by atoms with van der Waals surface area (Å²) >= 11 is 0. The van der Waals surface area contributed by atoms with E-state index < -0.39 is 0 Å². The molecule has 0 unspecified atom stereocenters. The van der Waals surface area contributed by atoms with Gasteiger partial charge in [0.15, 0.2) is 0 Å². The molecule has 2 heteroatoms. The minimum atomic E-state index is -0.271. The Morgan fingerprint density at radius 1 is 1.36 bits per heavy atom. The second kappa shape index (κ2) is 5.22. The summed E-state index contributed by atoms with van der Waals surface area (Å²) in [6.07, 6.45) is 0.721. The molecule has 0 aliphatic heterocycles. The molecule has 1 aromatic rings. The molecule has 0 amide bonds. The van der Waals surface area contributed by atoms with Gasteiger partial charge in [-0.25, -0.2) is 4.79 Å². The van der Waals surface area contributed by atoms with Crippen molar-refractivity contribution in [2.75, 3.05) is 6.61 Å². The average molecular weight is 190 g/mol. The van der Waals surface area contributed by atoms with Gasteiger partial charge in [0.1, 0.15) is 0 Å². The van der Waals surface area contributed by atoms with E-state index in [0.29, 0.717) is 12.2 Å². The molecular formula is C12H14O2. The van der Waals surface area contributed by atoms with Crippen LogP contribution < -0.4 is 0 Å². The van der Waals surface area contributed by atoms with Crippen LogP contribution in [0.3, 0.4) is 0 Å². The highest BCUT2D eigenvalue weighted by molar-refractivity contribution is 5.89. The molecule has 0 aromatic heterocycles. The summed E-state index contributed by atoms with van der Waals surface area (Å²) in [5.74, 6) is -0.271. The third kappa shape index (κ3) is 3.44. The predicted molar refractivity (Wildman–Crippen MR) is 56.2 cm³/mol. The zero-order chi connectivity index (χ0) is 10.4. The van der Waals surface area contributed by atoms with Gasteiger partial charge in [0.25, 0.3) is 0 Å². The van der Waals surface area contributed by atoms with Crippen molar-refractivity contribution in [2.24, 2.45) is 0 Å². The molecular weight excluding hydrogens is 176 g/mol. The third-order valence-electron chi connectivity index (χ3n) is 1.77. The van der Waals surface area contributed by atoms with Crippen LogP contribution in [-0.2, 0) is 4.74 Å². The molecule has 0 aliphatic rings. The molecule has 0 spiro atoms. The molecule has 0 radical (unpaired) electrons. The van der Waals surface area contributed by atoms with Crippen molar-refractivity contribution in [3.63, 3.8) is 0 Å². The lowest BCUT2D eigenvalue weighted by Crippen LogP contribution is -2.06. The van der Waals surface area contributed by atoms with Crippen LogP contribution >= 0.6 is 0 Å². The highest BCUT2D eigenvalue weighted by atomic mass is 16.5. The Bertz CT molecular complexity index is 314. The normalized spacial score (nSPS) is 9.50. The van der Waals surface area contributed by atoms with Crippen molar-refractivity contribution in [3.05, 3.63) is 48.0 Å². The minimum Gasteiger partial charge on any atom is -0.462 e. The minimum absolute atomic E-state index is 0.271. The lowest BCUT2D eigenvalue weighted by atomic mass is 10.2. The Balaban J connectivity index is 2.40. The van der Waals surface area contributed by atoms with E-state index in [-0.39, 0.29) is 5.97 Å². The van der Waals surface area contributed by atoms with Gasteiger partial charge in [-0.15, -0.1) is 6.58 Å². The van der Waals surface area contributed by atoms with Crippen molar-refractivity contribution in [2.45, 2.75) is 13.3 Å². The molecule has 1 aromatic carbocycles. The van der Waals surface area contributed by atoms with Gasteiger partial charge in [-0.2, -0.15) is 0 Å². The Morgan fingerprint density at radius 2 is 2.00 bits per heavy atom. The van der Waals surface area contributed by atoms with E-state index in [1.54, 1.807) is 12.1 Å². The Kier molecular flexibility index (Phi) is 3.92. The lowest BCUT2D eigenvalue weighted by Gasteiger charge is -2.03. The predicted octanol–water partition coefficient (Wildman–Crippen LogP) is 2.81. The van der Waals surface area contributed by atoms with Crippen LogP contribution in [-0.4, -0.2) is 12.6 Å². The van der Waals surface area contributed by atoms with Crippen LogP contribution in [0.25, 0.3) is 0 Å². The number of rotatable bonds is 4. The summed E-state index contributed by atoms with van der Waals surface area (Å²) in [6.45, 7) is 6.05. The number of hydrogen-bond donors (Lipinski definition) is 0. The average Bonchev–Trinajstić information content (AvgIpc) is 2.18. The first kappa shape index (κ1) is 10.5. The van der Waals surface area contributed by atoms with E-state index in [0.717, 1.165) is 12.0 Å². The smallest absolute Gasteiger partial charge is 0.338 e. The molecule has 0 aliphatic carbocycles. The van der Waals surface area contributed by atoms with Gasteiger partial charge in [0, 0.05) is 6.42 Å². The van der Waals surface area contributed by atoms with Crippen LogP contribution in [0.1, 0.15) is 23.7 Å². The van der Waals surface area contributed by atoms with Gasteiger partial charge in [-0.1, -0.05) is 23.8 Å². The van der Waals surface area contributed by atoms with E-state index in [2.05, 4.69) is 6.58 Å². The van der Waals surface area contributed by atoms with Crippen LogP contribution in [0.5, 0.6) is 0 Å². The highest BCUT2D eigenvalue weighted by Crippen LogP contribution is 2.02. The van der Waals surface area contributed by atoms with Crippen LogP contribution in [0.15, 0.2) is 42.5 Å². The Labute approximate surface area is 84.2 Å². The van der Waals surface area contributed by atoms with Crippen molar-refractivity contribution >= 4 is 5.97 Å². The maximum absolute atomic E-state index is 11.4. The van der Waals surface area contributed by atoms with Crippen molar-refractivity contribution < 1.29 is 9.53 Å². The van der Waals surface area contributed by atoms with Crippen LogP contribution in [0, 0.1) is 0 Å². The van der Waals surface area contributed by atoms with Crippen molar-refractivity contribution in [1.82, 2.24) is 0 Å². The lowest BCUT2D eigenvalue weighted by molar-refractivity contribution is 0.0509. The molecule has 0 saturated heterocycles. The molecule has 0 fully saturated rings. The maximum atomic E-state index is 11.4. The molecule has 0 heterocycles. The molecule has 2 nitrogen and oxygen atoms in total. The van der Waals surface area contributed by atoms with Crippen molar-refractivity contribution in [1.29, 1.82) is 0 Å². The third-order valence-corrected chi connectivity index (χ3v) is 1.77. The summed E-state index contributed by atoms with van der Waals surface area (Å²) in [4.78, 5) is 11.4. The summed E-state index contributed by atoms with van der Waals surface area (Å²) < 4.78 is 5.04. The summed E-state index contributed by atoms with van der Waals surface area (Å²) in [7, 11) is 0. The number of carbonyl (C=O) groups excluding carboxylic acids is 1. The zero-order valence-corrected chi connectivity index (χ0v) is 8.32. The van der Waals surface area contributed by atoms with E-state index in [1.807, 2.05) is 25.1 Å². The topological polar surface area (TPSA) is 26.3 Å². The monoisotopic (exact) mass is 190 g/mol. The van der Waals surface area contributed by atoms with E-state index in [9.17, 15) is 4.79 Å². The first-order valence-corrected chi connectivity index (χ1v) is 4.56. The van der Waals surface area contributed by atoms with Gasteiger partial charge >= 0.3 is 5.97 Å². The summed E-state index contributed by atoms with van der Waals surface area (Å²) in [6, 6.07) is 8.97. The first-order valence-electron chi connectivity index (χ1n) is 4.56. The van der Waals surface area contributed by atoms with Gasteiger partial charge in [-0.05, 0) is 19.1 Å². The number of ether oxygens (including phenoxy) is 1. The number of carbonyl (C=O) groups is 1. The van der Waals surface area contributed by atoms with E-state index in [1.165, 1.54) is 0 Å². The summed E-state index contributed by atoms with van der Waals surface area (Å²) in [5, 5.41) is 0. The molecule has 74 valence electrons. The molecule has 0 atom stereocenters. The first-order chi connectivity index (χ1) is 6.70. The van der Waals surface area contributed by atoms with Crippen LogP contribution in [0.4, 0.5) is 0 Å². The van der Waals surface area contributed by atoms with Crippen molar-refractivity contribution in [3.8, 4) is 0 Å². The SMILES string of the molecule is C=C(C)CCOC(=O)c1ccccc1. The summed E-state index contributed by atoms with van der Waals surface area (Å²) in [5.41, 5.74) is 1.61. The van der Waals surface area contributed by atoms with Gasteiger partial charge in [-0.3, -0.25) is 0 Å². The maximum Gasteiger partial charge on any atom is 0.338 e. The number of esters is 1. The highest BCUT2D eigenvalue weighted by Gasteiger charge is 2.04. The second-order valence-corrected chi connectivity index (χ2v) is 3.21. The molecule has 0 bridgehead atoms. The molecule has 14 heavy (non-hydrogen) atoms. The van der Waals surface area contributed by atoms with E-state index >= 15 is 0 Å². The molecule has 0 saturated carbocycles. The number of benzene rings is 1. The number of hydrogen-bond acceptors (Lipinski definition) is 2. The zero-order valence-electron chi connectivity index (χ0n) is 8.32. The fourth-order valence-electron chi connectivity index (χ4n) is 0.976. The second-order valence-electron chi connectivity index (χ2n) is 3.21. The van der Waals surface area contributed by atoms with E-state index in [4.69, 9.17) is 4.74 Å². The standard InChI is InChI=1S/C12H14O2/c1-10(2)8-9-14-12(13)11-6-4-3-5-7-11/h3-7H,1,8-9H2,2H3. The van der Waals surface area contributed by atoms with Crippen LogP contribution in [0.2, 0.25) is 0 Å². The Morgan fingerprint density at radius 3 is 2.57 bits per heavy atom. The quantitative estimate of drug-likeness (QED) is 0.539. The van der Waals surface area contributed by atoms with Gasteiger partial charge < -0.3 is 4.74 Å². The fraction of sp³-hybridized carbons (Fsp3) is 0.250. The van der Waals surface area contributed by atoms with Gasteiger partial charge in [0.2, 0.25) is 0 Å². The largest absolute Gasteiger partial charge is 0.462 e. The Hall–Kier alpha value is -1.57. The van der Waals surface area contributed by atoms with Gasteiger partial charge in [0.05, 0.1) is 12.2 Å². The molecule has 0 N–H and O–H groups in total. The molecule has 1 rings (SSSR count). The fourth-order valence-corrected chi connectivity index (χ4v) is 0.976.